The van der Waals surface area contributed by atoms with Crippen LogP contribution in [0.15, 0.2) is 179 Å². The first-order valence-electron chi connectivity index (χ1n) is 21.9. The second-order valence-electron chi connectivity index (χ2n) is 15.9. The maximum atomic E-state index is 2.51. The third-order valence-corrected chi connectivity index (χ3v) is 28.3. The molecule has 0 aliphatic heterocycles. The molecule has 0 saturated carbocycles. The highest BCUT2D eigenvalue weighted by Gasteiger charge is 2.25. The van der Waals surface area contributed by atoms with Crippen LogP contribution in [-0.4, -0.2) is 0 Å². The van der Waals surface area contributed by atoms with Crippen molar-refractivity contribution in [2.24, 2.45) is 0 Å². The fraction of sp³-hybridized carbons (Fsp3) is 0. The van der Waals surface area contributed by atoms with Crippen molar-refractivity contribution in [3.63, 3.8) is 0 Å². The summed E-state index contributed by atoms with van der Waals surface area (Å²) >= 11 is 26.4. The molecule has 338 valence electrons. The van der Waals surface area contributed by atoms with E-state index in [1.807, 2.05) is 159 Å². The molecule has 0 aliphatic rings. The van der Waals surface area contributed by atoms with Gasteiger partial charge in [0.2, 0.25) is 0 Å². The van der Waals surface area contributed by atoms with Gasteiger partial charge in [0.15, 0.2) is 0 Å². The van der Waals surface area contributed by atoms with Crippen LogP contribution in [0.1, 0.15) is 0 Å². The Morgan fingerprint density at radius 1 is 0.171 bits per heavy atom. The first-order chi connectivity index (χ1) is 34.6. The Labute approximate surface area is 460 Å². The molecule has 0 saturated heterocycles. The Bertz CT molecular complexity index is 3750. The average Bonchev–Trinajstić information content (AvgIpc) is 4.23. The molecule has 0 unspecified atom stereocenters. The molecule has 0 amide bonds. The lowest BCUT2D eigenvalue weighted by molar-refractivity contribution is 1.79. The van der Waals surface area contributed by atoms with Crippen molar-refractivity contribution in [3.8, 4) is 128 Å². The number of thiophene rings is 14. The summed E-state index contributed by atoms with van der Waals surface area (Å²) in [7, 11) is 0. The van der Waals surface area contributed by atoms with Gasteiger partial charge in [0.25, 0.3) is 0 Å². The van der Waals surface area contributed by atoms with Crippen molar-refractivity contribution < 1.29 is 0 Å². The van der Waals surface area contributed by atoms with E-state index in [-0.39, 0.29) is 0 Å². The van der Waals surface area contributed by atoms with Gasteiger partial charge in [0.05, 0.1) is 9.75 Å². The molecule has 14 aromatic heterocycles. The zero-order chi connectivity index (χ0) is 46.1. The van der Waals surface area contributed by atoms with E-state index in [4.69, 9.17) is 0 Å². The maximum Gasteiger partial charge on any atom is 0.0528 e. The normalized spacial score (nSPS) is 11.7. The molecule has 14 heteroatoms. The maximum absolute atomic E-state index is 2.51. The van der Waals surface area contributed by atoms with Gasteiger partial charge >= 0.3 is 0 Å². The van der Waals surface area contributed by atoms with Crippen molar-refractivity contribution in [2.75, 3.05) is 0 Å². The van der Waals surface area contributed by atoms with Crippen LogP contribution in [0.25, 0.3) is 128 Å². The van der Waals surface area contributed by atoms with E-state index in [0.717, 1.165) is 0 Å². The molecule has 0 fully saturated rings. The summed E-state index contributed by atoms with van der Waals surface area (Å²) in [6.07, 6.45) is 0. The second-order valence-corrected chi connectivity index (χ2v) is 30.5. The molecule has 0 spiro atoms. The fourth-order valence-corrected chi connectivity index (χ4v) is 22.8. The minimum absolute atomic E-state index is 1.31. The Morgan fingerprint density at radius 3 is 0.600 bits per heavy atom. The lowest BCUT2D eigenvalue weighted by Gasteiger charge is -2.03. The molecular formula is C56H30S14. The highest BCUT2D eigenvalue weighted by atomic mass is 32.2. The molecule has 14 heterocycles. The van der Waals surface area contributed by atoms with Gasteiger partial charge in [-0.05, 0) is 155 Å². The van der Waals surface area contributed by atoms with Gasteiger partial charge in [-0.25, -0.2) is 0 Å². The van der Waals surface area contributed by atoms with Crippen molar-refractivity contribution in [2.45, 2.75) is 0 Å². The van der Waals surface area contributed by atoms with Gasteiger partial charge in [-0.15, -0.1) is 159 Å². The molecule has 70 heavy (non-hydrogen) atoms. The molecule has 0 nitrogen and oxygen atoms in total. The van der Waals surface area contributed by atoms with Gasteiger partial charge < -0.3 is 0 Å². The van der Waals surface area contributed by atoms with Gasteiger partial charge in [-0.3, -0.25) is 0 Å². The summed E-state index contributed by atoms with van der Waals surface area (Å²) < 4.78 is 0. The summed E-state index contributed by atoms with van der Waals surface area (Å²) in [6.45, 7) is 0. The Hall–Kier alpha value is -4.20. The van der Waals surface area contributed by atoms with Crippen molar-refractivity contribution in [1.82, 2.24) is 0 Å². The first-order valence-corrected chi connectivity index (χ1v) is 33.5. The third kappa shape index (κ3) is 8.52. The Morgan fingerprint density at radius 2 is 0.371 bits per heavy atom. The van der Waals surface area contributed by atoms with E-state index in [9.17, 15) is 0 Å². The molecule has 0 aromatic carbocycles. The van der Waals surface area contributed by atoms with Crippen molar-refractivity contribution in [3.05, 3.63) is 179 Å². The Balaban J connectivity index is 0.894. The minimum Gasteiger partial charge on any atom is -0.143 e. The summed E-state index contributed by atoms with van der Waals surface area (Å²) in [5.74, 6) is 0. The van der Waals surface area contributed by atoms with E-state index >= 15 is 0 Å². The van der Waals surface area contributed by atoms with Gasteiger partial charge in [0.1, 0.15) is 0 Å². The monoisotopic (exact) mass is 1150 g/mol. The van der Waals surface area contributed by atoms with E-state index < -0.39 is 0 Å². The standard InChI is InChI=1S/C56H30S14/c1-5-33(57-25-1)37-9-13-41(61-37)43-17-19-49(65-43)53-29-31(55(69-53)51-23-21-47(67-51)45-15-11-39(63-45)35-7-3-27-59-35)32-30-54(50-20-18-44(66-50)42-14-10-38(62-42)34-6-2-26-58-34)70-56(32)52-24-22-48(68-52)46-16-12-40(64-46)36-8-4-28-60-36/h1-30H. The average molecular weight is 1150 g/mol. The molecule has 14 aromatic rings. The Kier molecular flexibility index (Phi) is 12.1. The molecule has 14 rings (SSSR count). The summed E-state index contributed by atoms with van der Waals surface area (Å²) in [5.41, 5.74) is 2.62. The molecule has 0 aliphatic carbocycles. The van der Waals surface area contributed by atoms with Crippen LogP contribution in [0, 0.1) is 0 Å². The van der Waals surface area contributed by atoms with Crippen molar-refractivity contribution in [1.29, 1.82) is 0 Å². The van der Waals surface area contributed by atoms with Crippen molar-refractivity contribution >= 4 is 159 Å². The fourth-order valence-electron chi connectivity index (χ4n) is 8.27. The van der Waals surface area contributed by atoms with E-state index in [0.29, 0.717) is 0 Å². The lowest BCUT2D eigenvalue weighted by atomic mass is 10.0. The quantitative estimate of drug-likeness (QED) is 0.108. The van der Waals surface area contributed by atoms with Gasteiger partial charge in [-0.1, -0.05) is 24.3 Å². The van der Waals surface area contributed by atoms with Crippen LogP contribution in [0.3, 0.4) is 0 Å². The summed E-state index contributed by atoms with van der Waals surface area (Å²) in [5, 5.41) is 8.67. The van der Waals surface area contributed by atoms with Gasteiger partial charge in [-0.2, -0.15) is 0 Å². The second kappa shape index (κ2) is 19.0. The first kappa shape index (κ1) is 44.5. The van der Waals surface area contributed by atoms with Crippen LogP contribution in [0.2, 0.25) is 0 Å². The minimum atomic E-state index is 1.31. The highest BCUT2D eigenvalue weighted by Crippen LogP contribution is 2.56. The van der Waals surface area contributed by atoms with Gasteiger partial charge in [0, 0.05) is 118 Å². The predicted octanol–water partition coefficient (Wildman–Crippen LogP) is 24.2. The number of hydrogen-bond donors (Lipinski definition) is 0. The molecule has 0 N–H and O–H groups in total. The number of hydrogen-bond acceptors (Lipinski definition) is 14. The topological polar surface area (TPSA) is 0 Å². The van der Waals surface area contributed by atoms with Crippen LogP contribution < -0.4 is 0 Å². The third-order valence-electron chi connectivity index (χ3n) is 11.6. The summed E-state index contributed by atoms with van der Waals surface area (Å²) in [4.78, 5) is 31.7. The van der Waals surface area contributed by atoms with Crippen LogP contribution in [0.4, 0.5) is 0 Å². The number of rotatable bonds is 13. The predicted molar refractivity (Wildman–Crippen MR) is 327 cm³/mol. The summed E-state index contributed by atoms with van der Waals surface area (Å²) in [6, 6.07) is 59.6. The zero-order valence-corrected chi connectivity index (χ0v) is 47.5. The van der Waals surface area contributed by atoms with E-state index in [2.05, 4.69) is 179 Å². The zero-order valence-electron chi connectivity index (χ0n) is 36.0. The highest BCUT2D eigenvalue weighted by molar-refractivity contribution is 7.33. The van der Waals surface area contributed by atoms with Crippen LogP contribution >= 0.6 is 159 Å². The smallest absolute Gasteiger partial charge is 0.0528 e. The lowest BCUT2D eigenvalue weighted by Crippen LogP contribution is -1.76. The molecule has 0 bridgehead atoms. The van der Waals surface area contributed by atoms with E-state index in [1.54, 1.807) is 0 Å². The van der Waals surface area contributed by atoms with Crippen LogP contribution in [-0.2, 0) is 0 Å². The molecule has 0 radical (unpaired) electrons. The van der Waals surface area contributed by atoms with Crippen LogP contribution in [0.5, 0.6) is 0 Å². The SMILES string of the molecule is c1csc(-c2ccc(-c3ccc(-c4cc(-c5cc(-c6ccc(-c7ccc(-c8cccs8)s7)s6)sc5-c5ccc(-c6ccc(-c7cccs7)s6)s5)c(-c5ccc(-c6ccc(-c7cccs7)s6)s5)s4)s3)s2)c1. The largest absolute Gasteiger partial charge is 0.143 e. The molecular weight excluding hydrogens is 1120 g/mol. The van der Waals surface area contributed by atoms with E-state index in [1.165, 1.54) is 128 Å². The molecule has 0 atom stereocenters.